The van der Waals surface area contributed by atoms with Gasteiger partial charge in [-0.25, -0.2) is 4.98 Å². The van der Waals surface area contributed by atoms with Crippen LogP contribution in [0.3, 0.4) is 0 Å². The van der Waals surface area contributed by atoms with Crippen LogP contribution in [0.4, 0.5) is 0 Å². The largest absolute Gasteiger partial charge is 0.351 e. The molecule has 0 radical (unpaired) electrons. The van der Waals surface area contributed by atoms with Gasteiger partial charge in [0.25, 0.3) is 0 Å². The molecule has 0 spiro atoms. The molecule has 4 nitrogen and oxygen atoms in total. The summed E-state index contributed by atoms with van der Waals surface area (Å²) >= 11 is 1.73. The summed E-state index contributed by atoms with van der Waals surface area (Å²) in [5, 5.41) is 4.57. The Kier molecular flexibility index (Phi) is 7.90. The molecule has 0 atom stereocenters. The topological polar surface area (TPSA) is 40.5 Å². The van der Waals surface area contributed by atoms with Gasteiger partial charge in [-0.2, -0.15) is 0 Å². The Morgan fingerprint density at radius 3 is 2.60 bits per heavy atom. The zero-order chi connectivity index (χ0) is 16.8. The van der Waals surface area contributed by atoms with E-state index in [-0.39, 0.29) is 24.0 Å². The minimum atomic E-state index is 0. The maximum atomic E-state index is 4.44. The van der Waals surface area contributed by atoms with Gasteiger partial charge < -0.3 is 10.2 Å². The van der Waals surface area contributed by atoms with Crippen LogP contribution in [-0.2, 0) is 6.54 Å². The summed E-state index contributed by atoms with van der Waals surface area (Å²) in [6.45, 7) is 4.86. The number of halogens is 1. The van der Waals surface area contributed by atoms with Crippen molar-refractivity contribution in [2.45, 2.75) is 26.3 Å². The molecule has 2 heterocycles. The highest BCUT2D eigenvalue weighted by atomic mass is 127. The van der Waals surface area contributed by atoms with Crippen LogP contribution in [0, 0.1) is 6.92 Å². The summed E-state index contributed by atoms with van der Waals surface area (Å²) in [6, 6.07) is 10.6. The number of aliphatic imine (C=N–C) groups is 1. The lowest BCUT2D eigenvalue weighted by Crippen LogP contribution is -2.44. The van der Waals surface area contributed by atoms with Gasteiger partial charge in [0.2, 0.25) is 0 Å². The minimum Gasteiger partial charge on any atom is -0.351 e. The number of aryl methyl sites for hydroxylation is 1. The van der Waals surface area contributed by atoms with Crippen molar-refractivity contribution in [3.05, 3.63) is 57.6 Å². The van der Waals surface area contributed by atoms with Gasteiger partial charge >= 0.3 is 0 Å². The van der Waals surface area contributed by atoms with E-state index in [1.807, 2.05) is 20.2 Å². The van der Waals surface area contributed by atoms with Gasteiger partial charge in [0, 0.05) is 31.2 Å². The average Bonchev–Trinajstić information content (AvgIpc) is 3.03. The molecule has 0 bridgehead atoms. The van der Waals surface area contributed by atoms with Crippen molar-refractivity contribution in [2.24, 2.45) is 4.99 Å². The molecule has 0 aliphatic carbocycles. The molecule has 0 unspecified atom stereocenters. The summed E-state index contributed by atoms with van der Waals surface area (Å²) in [4.78, 5) is 12.3. The van der Waals surface area contributed by atoms with Gasteiger partial charge in [-0.15, -0.1) is 35.3 Å². The van der Waals surface area contributed by atoms with Crippen molar-refractivity contribution in [1.29, 1.82) is 0 Å². The molecular formula is C19H25IN4S. The van der Waals surface area contributed by atoms with E-state index in [1.165, 1.54) is 16.0 Å². The van der Waals surface area contributed by atoms with Crippen LogP contribution in [0.1, 0.15) is 28.3 Å². The third kappa shape index (κ3) is 5.81. The van der Waals surface area contributed by atoms with Gasteiger partial charge in [-0.1, -0.05) is 42.0 Å². The molecule has 134 valence electrons. The maximum absolute atomic E-state index is 4.44. The van der Waals surface area contributed by atoms with E-state index in [2.05, 4.69) is 56.6 Å². The number of aromatic nitrogens is 1. The fourth-order valence-corrected chi connectivity index (χ4v) is 3.66. The van der Waals surface area contributed by atoms with E-state index in [0.717, 1.165) is 43.4 Å². The highest BCUT2D eigenvalue weighted by Gasteiger charge is 2.17. The van der Waals surface area contributed by atoms with Crippen LogP contribution >= 0.6 is 35.3 Å². The lowest BCUT2D eigenvalue weighted by atomic mass is 10.0. The van der Waals surface area contributed by atoms with Gasteiger partial charge in [-0.05, 0) is 25.3 Å². The first-order valence-electron chi connectivity index (χ1n) is 8.36. The maximum Gasteiger partial charge on any atom is 0.193 e. The van der Waals surface area contributed by atoms with Crippen LogP contribution in [0.25, 0.3) is 6.08 Å². The molecule has 1 aliphatic heterocycles. The Hall–Kier alpha value is -1.41. The van der Waals surface area contributed by atoms with Crippen molar-refractivity contribution in [3.63, 3.8) is 0 Å². The third-order valence-electron chi connectivity index (χ3n) is 4.18. The molecule has 0 saturated carbocycles. The summed E-state index contributed by atoms with van der Waals surface area (Å²) < 4.78 is 0. The number of guanidine groups is 1. The van der Waals surface area contributed by atoms with Crippen LogP contribution in [0.5, 0.6) is 0 Å². The van der Waals surface area contributed by atoms with E-state index < -0.39 is 0 Å². The molecule has 2 aromatic rings. The summed E-state index contributed by atoms with van der Waals surface area (Å²) in [5.74, 6) is 0.986. The second-order valence-corrected chi connectivity index (χ2v) is 7.27. The number of nitrogens with one attached hydrogen (secondary N) is 1. The minimum absolute atomic E-state index is 0. The normalized spacial score (nSPS) is 14.9. The molecule has 25 heavy (non-hydrogen) atoms. The SMILES string of the molecule is CN=C(NCc1cnc(C)s1)N1CCC(=Cc2ccccc2)CC1.I. The van der Waals surface area contributed by atoms with Crippen molar-refractivity contribution in [1.82, 2.24) is 15.2 Å². The van der Waals surface area contributed by atoms with Crippen molar-refractivity contribution in [3.8, 4) is 0 Å². The highest BCUT2D eigenvalue weighted by molar-refractivity contribution is 14.0. The van der Waals surface area contributed by atoms with Gasteiger partial charge in [-0.3, -0.25) is 4.99 Å². The number of likely N-dealkylation sites (tertiary alicyclic amines) is 1. The second-order valence-electron chi connectivity index (χ2n) is 5.95. The zero-order valence-electron chi connectivity index (χ0n) is 14.7. The molecule has 3 rings (SSSR count). The van der Waals surface area contributed by atoms with Gasteiger partial charge in [0.15, 0.2) is 5.96 Å². The first-order valence-corrected chi connectivity index (χ1v) is 9.17. The van der Waals surface area contributed by atoms with Crippen molar-refractivity contribution < 1.29 is 0 Å². The summed E-state index contributed by atoms with van der Waals surface area (Å²) in [6.07, 6.45) is 6.45. The standard InChI is InChI=1S/C19H24N4S.HI/c1-15-21-13-18(24-15)14-22-19(20-2)23-10-8-17(9-11-23)12-16-6-4-3-5-7-16;/h3-7,12-13H,8-11,14H2,1-2H3,(H,20,22);1H. The van der Waals surface area contributed by atoms with E-state index >= 15 is 0 Å². The van der Waals surface area contributed by atoms with E-state index in [1.54, 1.807) is 11.3 Å². The predicted octanol–water partition coefficient (Wildman–Crippen LogP) is 4.32. The Morgan fingerprint density at radius 2 is 2.00 bits per heavy atom. The Labute approximate surface area is 171 Å². The summed E-state index contributed by atoms with van der Waals surface area (Å²) in [7, 11) is 1.86. The Bertz CT molecular complexity index is 714. The second kappa shape index (κ2) is 9.91. The zero-order valence-corrected chi connectivity index (χ0v) is 17.9. The number of hydrogen-bond acceptors (Lipinski definition) is 3. The number of benzene rings is 1. The number of piperidine rings is 1. The Morgan fingerprint density at radius 1 is 1.28 bits per heavy atom. The first kappa shape index (κ1) is 19.9. The van der Waals surface area contributed by atoms with Gasteiger partial charge in [0.05, 0.1) is 11.6 Å². The number of hydrogen-bond donors (Lipinski definition) is 1. The summed E-state index contributed by atoms with van der Waals surface area (Å²) in [5.41, 5.74) is 2.81. The fourth-order valence-electron chi connectivity index (χ4n) is 2.92. The number of rotatable bonds is 3. The van der Waals surface area contributed by atoms with Gasteiger partial charge in [0.1, 0.15) is 0 Å². The molecule has 1 N–H and O–H groups in total. The van der Waals surface area contributed by atoms with Crippen LogP contribution in [-0.4, -0.2) is 36.0 Å². The van der Waals surface area contributed by atoms with Crippen molar-refractivity contribution >= 4 is 47.3 Å². The highest BCUT2D eigenvalue weighted by Crippen LogP contribution is 2.19. The monoisotopic (exact) mass is 468 g/mol. The Balaban J connectivity index is 0.00000225. The quantitative estimate of drug-likeness (QED) is 0.415. The fraction of sp³-hybridized carbons (Fsp3) is 0.368. The number of nitrogens with zero attached hydrogens (tertiary/aromatic N) is 3. The first-order chi connectivity index (χ1) is 11.7. The smallest absolute Gasteiger partial charge is 0.193 e. The van der Waals surface area contributed by atoms with Crippen LogP contribution in [0.2, 0.25) is 0 Å². The van der Waals surface area contributed by atoms with Crippen LogP contribution < -0.4 is 5.32 Å². The lowest BCUT2D eigenvalue weighted by molar-refractivity contribution is 0.375. The number of thiazole rings is 1. The molecular weight excluding hydrogens is 443 g/mol. The van der Waals surface area contributed by atoms with Crippen LogP contribution in [0.15, 0.2) is 47.1 Å². The molecule has 1 aromatic carbocycles. The van der Waals surface area contributed by atoms with E-state index in [4.69, 9.17) is 0 Å². The molecule has 0 amide bonds. The molecule has 1 aromatic heterocycles. The van der Waals surface area contributed by atoms with E-state index in [0.29, 0.717) is 0 Å². The molecule has 1 fully saturated rings. The molecule has 1 aliphatic rings. The molecule has 1 saturated heterocycles. The third-order valence-corrected chi connectivity index (χ3v) is 5.09. The average molecular weight is 468 g/mol. The van der Waals surface area contributed by atoms with Crippen molar-refractivity contribution in [2.75, 3.05) is 20.1 Å². The lowest BCUT2D eigenvalue weighted by Gasteiger charge is -2.31. The predicted molar refractivity (Wildman–Crippen MR) is 118 cm³/mol. The molecule has 6 heteroatoms. The van der Waals surface area contributed by atoms with E-state index in [9.17, 15) is 0 Å².